The van der Waals surface area contributed by atoms with Crippen LogP contribution in [0.15, 0.2) is 11.1 Å². The number of carbonyl (C=O) groups excluding carboxylic acids is 1. The summed E-state index contributed by atoms with van der Waals surface area (Å²) in [6.07, 6.45) is 8.28. The third kappa shape index (κ3) is 1.93. The molecular formula is C11H16O2. The zero-order chi connectivity index (χ0) is 9.10. The van der Waals surface area contributed by atoms with Crippen molar-refractivity contribution in [3.8, 4) is 0 Å². The van der Waals surface area contributed by atoms with Crippen molar-refractivity contribution in [2.75, 3.05) is 6.61 Å². The predicted molar refractivity (Wildman–Crippen MR) is 50.3 cm³/mol. The van der Waals surface area contributed by atoms with Gasteiger partial charge in [0.25, 0.3) is 0 Å². The molecule has 0 aromatic heterocycles. The summed E-state index contributed by atoms with van der Waals surface area (Å²) in [4.78, 5) is 11.3. The number of ether oxygens (including phenoxy) is 1. The monoisotopic (exact) mass is 180 g/mol. The first-order valence-electron chi connectivity index (χ1n) is 5.26. The van der Waals surface area contributed by atoms with Gasteiger partial charge < -0.3 is 4.74 Å². The van der Waals surface area contributed by atoms with Crippen LogP contribution in [0.25, 0.3) is 0 Å². The molecule has 72 valence electrons. The van der Waals surface area contributed by atoms with Crippen molar-refractivity contribution in [2.45, 2.75) is 44.9 Å². The Morgan fingerprint density at radius 1 is 0.923 bits per heavy atom. The number of carbonyl (C=O) groups is 1. The van der Waals surface area contributed by atoms with Gasteiger partial charge in [0.1, 0.15) is 0 Å². The maximum absolute atomic E-state index is 11.3. The molecule has 0 N–H and O–H groups in total. The van der Waals surface area contributed by atoms with E-state index in [1.165, 1.54) is 31.3 Å². The summed E-state index contributed by atoms with van der Waals surface area (Å²) in [5.74, 6) is -0.0445. The molecule has 2 nitrogen and oxygen atoms in total. The molecule has 2 fully saturated rings. The van der Waals surface area contributed by atoms with Gasteiger partial charge in [0.15, 0.2) is 0 Å². The number of hydrogen-bond acceptors (Lipinski definition) is 2. The van der Waals surface area contributed by atoms with Crippen LogP contribution in [-0.4, -0.2) is 12.6 Å². The van der Waals surface area contributed by atoms with E-state index in [2.05, 4.69) is 0 Å². The summed E-state index contributed by atoms with van der Waals surface area (Å²) >= 11 is 0. The standard InChI is InChI=1S/C11H16O2/c12-11-10(7-8-13-11)9-5-3-1-2-4-6-9/h1-8H2. The van der Waals surface area contributed by atoms with E-state index < -0.39 is 0 Å². The molecule has 13 heavy (non-hydrogen) atoms. The lowest BCUT2D eigenvalue weighted by Crippen LogP contribution is -1.99. The third-order valence-electron chi connectivity index (χ3n) is 2.97. The zero-order valence-corrected chi connectivity index (χ0v) is 7.97. The van der Waals surface area contributed by atoms with Gasteiger partial charge in [-0.1, -0.05) is 18.4 Å². The highest BCUT2D eigenvalue weighted by molar-refractivity contribution is 5.91. The van der Waals surface area contributed by atoms with Crippen LogP contribution < -0.4 is 0 Å². The fourth-order valence-corrected chi connectivity index (χ4v) is 2.21. The lowest BCUT2D eigenvalue weighted by atomic mass is 10.00. The van der Waals surface area contributed by atoms with E-state index in [1.54, 1.807) is 0 Å². The highest BCUT2D eigenvalue weighted by Crippen LogP contribution is 2.28. The SMILES string of the molecule is O=C1OCCC1=C1CCCCCC1. The summed E-state index contributed by atoms with van der Waals surface area (Å²) < 4.78 is 4.96. The van der Waals surface area contributed by atoms with E-state index in [-0.39, 0.29) is 5.97 Å². The van der Waals surface area contributed by atoms with E-state index in [0.29, 0.717) is 6.61 Å². The Labute approximate surface area is 79.0 Å². The summed E-state index contributed by atoms with van der Waals surface area (Å²) in [6.45, 7) is 0.609. The molecule has 1 heterocycles. The largest absolute Gasteiger partial charge is 0.462 e. The number of esters is 1. The lowest BCUT2D eigenvalue weighted by molar-refractivity contribution is -0.135. The van der Waals surface area contributed by atoms with E-state index in [4.69, 9.17) is 4.74 Å². The smallest absolute Gasteiger partial charge is 0.334 e. The van der Waals surface area contributed by atoms with Crippen LogP contribution in [0, 0.1) is 0 Å². The van der Waals surface area contributed by atoms with E-state index >= 15 is 0 Å². The van der Waals surface area contributed by atoms with Gasteiger partial charge in [-0.15, -0.1) is 0 Å². The van der Waals surface area contributed by atoms with Crippen molar-refractivity contribution in [1.82, 2.24) is 0 Å². The minimum atomic E-state index is -0.0445. The van der Waals surface area contributed by atoms with Crippen molar-refractivity contribution in [1.29, 1.82) is 0 Å². The second-order valence-corrected chi connectivity index (χ2v) is 3.88. The number of allylic oxidation sites excluding steroid dienone is 1. The molecule has 0 unspecified atom stereocenters. The molecule has 0 spiro atoms. The normalized spacial score (nSPS) is 24.5. The van der Waals surface area contributed by atoms with Crippen LogP contribution in [0.5, 0.6) is 0 Å². The molecule has 0 aromatic carbocycles. The highest BCUT2D eigenvalue weighted by Gasteiger charge is 2.22. The maximum Gasteiger partial charge on any atom is 0.334 e. The Bertz CT molecular complexity index is 230. The van der Waals surface area contributed by atoms with Gasteiger partial charge in [0.2, 0.25) is 0 Å². The predicted octanol–water partition coefficient (Wildman–Crippen LogP) is 2.58. The maximum atomic E-state index is 11.3. The van der Waals surface area contributed by atoms with Crippen LogP contribution in [0.2, 0.25) is 0 Å². The zero-order valence-electron chi connectivity index (χ0n) is 7.97. The Morgan fingerprint density at radius 2 is 1.62 bits per heavy atom. The molecule has 0 aromatic rings. The van der Waals surface area contributed by atoms with Gasteiger partial charge in [-0.25, -0.2) is 4.79 Å². The van der Waals surface area contributed by atoms with Crippen molar-refractivity contribution >= 4 is 5.97 Å². The van der Waals surface area contributed by atoms with Crippen molar-refractivity contribution in [3.63, 3.8) is 0 Å². The second kappa shape index (κ2) is 3.95. The van der Waals surface area contributed by atoms with E-state index in [1.807, 2.05) is 0 Å². The van der Waals surface area contributed by atoms with Crippen molar-refractivity contribution < 1.29 is 9.53 Å². The van der Waals surface area contributed by atoms with Gasteiger partial charge in [0, 0.05) is 12.0 Å². The Hall–Kier alpha value is -0.790. The Morgan fingerprint density at radius 3 is 2.15 bits per heavy atom. The number of cyclic esters (lactones) is 1. The molecule has 1 saturated carbocycles. The van der Waals surface area contributed by atoms with Gasteiger partial charge in [0.05, 0.1) is 6.61 Å². The summed E-state index contributed by atoms with van der Waals surface area (Å²) in [6, 6.07) is 0. The minimum absolute atomic E-state index is 0.0445. The lowest BCUT2D eigenvalue weighted by Gasteiger charge is -2.04. The molecule has 0 atom stereocenters. The average Bonchev–Trinajstić information content (AvgIpc) is 2.43. The summed E-state index contributed by atoms with van der Waals surface area (Å²) in [5, 5.41) is 0. The molecule has 2 heteroatoms. The summed E-state index contributed by atoms with van der Waals surface area (Å²) in [5.41, 5.74) is 2.39. The van der Waals surface area contributed by atoms with Crippen LogP contribution >= 0.6 is 0 Å². The molecule has 0 bridgehead atoms. The Kier molecular flexibility index (Phi) is 2.67. The fraction of sp³-hybridized carbons (Fsp3) is 0.727. The summed E-state index contributed by atoms with van der Waals surface area (Å²) in [7, 11) is 0. The first kappa shape index (κ1) is 8.79. The highest BCUT2D eigenvalue weighted by atomic mass is 16.5. The molecule has 0 radical (unpaired) electrons. The quantitative estimate of drug-likeness (QED) is 0.325. The molecule has 0 amide bonds. The molecule has 2 rings (SSSR count). The molecular weight excluding hydrogens is 164 g/mol. The van der Waals surface area contributed by atoms with Gasteiger partial charge in [-0.3, -0.25) is 0 Å². The Balaban J connectivity index is 2.14. The number of hydrogen-bond donors (Lipinski definition) is 0. The molecule has 1 aliphatic carbocycles. The first-order valence-corrected chi connectivity index (χ1v) is 5.26. The van der Waals surface area contributed by atoms with Crippen molar-refractivity contribution in [2.24, 2.45) is 0 Å². The number of rotatable bonds is 0. The van der Waals surface area contributed by atoms with Gasteiger partial charge in [-0.2, -0.15) is 0 Å². The molecule has 1 aliphatic heterocycles. The fourth-order valence-electron chi connectivity index (χ4n) is 2.21. The van der Waals surface area contributed by atoms with Crippen LogP contribution in [0.1, 0.15) is 44.9 Å². The minimum Gasteiger partial charge on any atom is -0.462 e. The topological polar surface area (TPSA) is 26.3 Å². The van der Waals surface area contributed by atoms with Crippen molar-refractivity contribution in [3.05, 3.63) is 11.1 Å². The van der Waals surface area contributed by atoms with E-state index in [9.17, 15) is 4.79 Å². The van der Waals surface area contributed by atoms with E-state index in [0.717, 1.165) is 24.8 Å². The molecule has 2 aliphatic rings. The van der Waals surface area contributed by atoms with Gasteiger partial charge >= 0.3 is 5.97 Å². The van der Waals surface area contributed by atoms with Crippen LogP contribution in [0.3, 0.4) is 0 Å². The van der Waals surface area contributed by atoms with Crippen LogP contribution in [0.4, 0.5) is 0 Å². The molecule has 1 saturated heterocycles. The van der Waals surface area contributed by atoms with Gasteiger partial charge in [-0.05, 0) is 25.7 Å². The second-order valence-electron chi connectivity index (χ2n) is 3.88. The average molecular weight is 180 g/mol. The third-order valence-corrected chi connectivity index (χ3v) is 2.97. The van der Waals surface area contributed by atoms with Crippen LogP contribution in [-0.2, 0) is 9.53 Å². The first-order chi connectivity index (χ1) is 6.38.